The SMILES string of the molecule is CC(C)C(C#N)N(C)C(=O)C1CCCCC1. The lowest BCUT2D eigenvalue weighted by molar-refractivity contribution is -0.137. The molecule has 0 aromatic heterocycles. The zero-order valence-corrected chi connectivity index (χ0v) is 10.6. The van der Waals surface area contributed by atoms with Gasteiger partial charge in [-0.3, -0.25) is 4.79 Å². The van der Waals surface area contributed by atoms with Gasteiger partial charge in [-0.05, 0) is 18.8 Å². The first-order valence-corrected chi connectivity index (χ1v) is 6.24. The van der Waals surface area contributed by atoms with E-state index < -0.39 is 0 Å². The predicted octanol–water partition coefficient (Wildman–Crippen LogP) is 2.57. The molecule has 3 heteroatoms. The highest BCUT2D eigenvalue weighted by molar-refractivity contribution is 5.79. The van der Waals surface area contributed by atoms with Crippen LogP contribution in [0.5, 0.6) is 0 Å². The molecule has 0 saturated heterocycles. The zero-order valence-electron chi connectivity index (χ0n) is 10.6. The van der Waals surface area contributed by atoms with Gasteiger partial charge in [0.15, 0.2) is 0 Å². The normalized spacial score (nSPS) is 19.2. The Balaban J connectivity index is 2.61. The largest absolute Gasteiger partial charge is 0.329 e. The van der Waals surface area contributed by atoms with Crippen molar-refractivity contribution in [2.24, 2.45) is 11.8 Å². The molecule has 0 bridgehead atoms. The van der Waals surface area contributed by atoms with Gasteiger partial charge in [0.1, 0.15) is 6.04 Å². The van der Waals surface area contributed by atoms with Crippen molar-refractivity contribution >= 4 is 5.91 Å². The predicted molar refractivity (Wildman–Crippen MR) is 63.6 cm³/mol. The Kier molecular flexibility index (Phi) is 4.79. The first-order valence-electron chi connectivity index (χ1n) is 6.24. The molecular formula is C13H22N2O. The summed E-state index contributed by atoms with van der Waals surface area (Å²) in [7, 11) is 1.77. The fourth-order valence-electron chi connectivity index (χ4n) is 2.46. The van der Waals surface area contributed by atoms with Crippen molar-refractivity contribution in [1.82, 2.24) is 4.90 Å². The van der Waals surface area contributed by atoms with Gasteiger partial charge in [0.05, 0.1) is 6.07 Å². The Labute approximate surface area is 98.4 Å². The quantitative estimate of drug-likeness (QED) is 0.736. The molecule has 1 amide bonds. The summed E-state index contributed by atoms with van der Waals surface area (Å²) in [6.45, 7) is 3.97. The number of nitrogens with zero attached hydrogens (tertiary/aromatic N) is 2. The maximum Gasteiger partial charge on any atom is 0.226 e. The van der Waals surface area contributed by atoms with E-state index >= 15 is 0 Å². The van der Waals surface area contributed by atoms with Crippen molar-refractivity contribution in [2.75, 3.05) is 7.05 Å². The molecule has 1 rings (SSSR count). The van der Waals surface area contributed by atoms with Crippen LogP contribution in [0, 0.1) is 23.2 Å². The standard InChI is InChI=1S/C13H22N2O/c1-10(2)12(9-14)15(3)13(16)11-7-5-4-6-8-11/h10-12H,4-8H2,1-3H3. The maximum absolute atomic E-state index is 12.2. The first kappa shape index (κ1) is 13.0. The Morgan fingerprint density at radius 3 is 2.31 bits per heavy atom. The maximum atomic E-state index is 12.2. The van der Waals surface area contributed by atoms with Gasteiger partial charge in [0.25, 0.3) is 0 Å². The number of hydrogen-bond donors (Lipinski definition) is 0. The van der Waals surface area contributed by atoms with Crippen LogP contribution in [-0.2, 0) is 4.79 Å². The van der Waals surface area contributed by atoms with E-state index in [0.717, 1.165) is 25.7 Å². The minimum atomic E-state index is -0.283. The summed E-state index contributed by atoms with van der Waals surface area (Å²) >= 11 is 0. The van der Waals surface area contributed by atoms with Crippen molar-refractivity contribution in [3.63, 3.8) is 0 Å². The van der Waals surface area contributed by atoms with Gasteiger partial charge in [0, 0.05) is 13.0 Å². The number of carbonyl (C=O) groups is 1. The third-order valence-corrected chi connectivity index (χ3v) is 3.48. The number of carbonyl (C=O) groups excluding carboxylic acids is 1. The summed E-state index contributed by atoms with van der Waals surface area (Å²) in [5, 5.41) is 9.07. The second kappa shape index (κ2) is 5.89. The van der Waals surface area contributed by atoms with E-state index in [1.54, 1.807) is 11.9 Å². The van der Waals surface area contributed by atoms with Crippen LogP contribution in [-0.4, -0.2) is 23.9 Å². The minimum absolute atomic E-state index is 0.161. The fraction of sp³-hybridized carbons (Fsp3) is 0.846. The lowest BCUT2D eigenvalue weighted by Crippen LogP contribution is -2.43. The van der Waals surface area contributed by atoms with E-state index in [4.69, 9.17) is 5.26 Å². The van der Waals surface area contributed by atoms with E-state index in [1.807, 2.05) is 13.8 Å². The number of nitriles is 1. The molecule has 1 saturated carbocycles. The molecule has 1 aliphatic carbocycles. The molecule has 0 N–H and O–H groups in total. The molecule has 1 unspecified atom stereocenters. The summed E-state index contributed by atoms with van der Waals surface area (Å²) in [6, 6.07) is 1.94. The summed E-state index contributed by atoms with van der Waals surface area (Å²) in [6.07, 6.45) is 5.56. The van der Waals surface area contributed by atoms with Crippen LogP contribution in [0.25, 0.3) is 0 Å². The van der Waals surface area contributed by atoms with Crippen molar-refractivity contribution in [2.45, 2.75) is 52.0 Å². The molecule has 90 valence electrons. The summed E-state index contributed by atoms with van der Waals surface area (Å²) in [4.78, 5) is 13.8. The highest BCUT2D eigenvalue weighted by atomic mass is 16.2. The van der Waals surface area contributed by atoms with Crippen molar-refractivity contribution in [1.29, 1.82) is 5.26 Å². The monoisotopic (exact) mass is 222 g/mol. The van der Waals surface area contributed by atoms with Crippen LogP contribution in [0.3, 0.4) is 0 Å². The van der Waals surface area contributed by atoms with E-state index in [0.29, 0.717) is 0 Å². The van der Waals surface area contributed by atoms with Crippen LogP contribution in [0.2, 0.25) is 0 Å². The van der Waals surface area contributed by atoms with E-state index in [2.05, 4.69) is 6.07 Å². The summed E-state index contributed by atoms with van der Waals surface area (Å²) in [5.74, 6) is 0.524. The Morgan fingerprint density at radius 2 is 1.88 bits per heavy atom. The van der Waals surface area contributed by atoms with Crippen molar-refractivity contribution in [3.05, 3.63) is 0 Å². The van der Waals surface area contributed by atoms with Gasteiger partial charge >= 0.3 is 0 Å². The molecule has 0 aromatic carbocycles. The van der Waals surface area contributed by atoms with Crippen LogP contribution < -0.4 is 0 Å². The minimum Gasteiger partial charge on any atom is -0.329 e. The van der Waals surface area contributed by atoms with Gasteiger partial charge in [-0.2, -0.15) is 5.26 Å². The fourth-order valence-corrected chi connectivity index (χ4v) is 2.46. The molecule has 0 spiro atoms. The van der Waals surface area contributed by atoms with Gasteiger partial charge < -0.3 is 4.90 Å². The van der Waals surface area contributed by atoms with Gasteiger partial charge in [0.2, 0.25) is 5.91 Å². The molecule has 0 aromatic rings. The molecule has 3 nitrogen and oxygen atoms in total. The summed E-state index contributed by atoms with van der Waals surface area (Å²) < 4.78 is 0. The van der Waals surface area contributed by atoms with E-state index in [1.165, 1.54) is 6.42 Å². The number of hydrogen-bond acceptors (Lipinski definition) is 2. The van der Waals surface area contributed by atoms with Crippen LogP contribution in [0.1, 0.15) is 46.0 Å². The Morgan fingerprint density at radius 1 is 1.31 bits per heavy atom. The highest BCUT2D eigenvalue weighted by Gasteiger charge is 2.29. The molecule has 1 atom stereocenters. The lowest BCUT2D eigenvalue weighted by atomic mass is 9.87. The van der Waals surface area contributed by atoms with Gasteiger partial charge in [-0.1, -0.05) is 33.1 Å². The van der Waals surface area contributed by atoms with Crippen LogP contribution in [0.15, 0.2) is 0 Å². The highest BCUT2D eigenvalue weighted by Crippen LogP contribution is 2.26. The van der Waals surface area contributed by atoms with Crippen molar-refractivity contribution < 1.29 is 4.79 Å². The molecule has 0 aliphatic heterocycles. The molecule has 1 fully saturated rings. The molecule has 16 heavy (non-hydrogen) atoms. The zero-order chi connectivity index (χ0) is 12.1. The van der Waals surface area contributed by atoms with E-state index in [-0.39, 0.29) is 23.8 Å². The van der Waals surface area contributed by atoms with Crippen molar-refractivity contribution in [3.8, 4) is 6.07 Å². The van der Waals surface area contributed by atoms with E-state index in [9.17, 15) is 4.79 Å². The Bertz CT molecular complexity index is 274. The first-order chi connectivity index (χ1) is 7.57. The molecule has 0 radical (unpaired) electrons. The van der Waals surface area contributed by atoms with Gasteiger partial charge in [-0.25, -0.2) is 0 Å². The average Bonchev–Trinajstić information content (AvgIpc) is 2.29. The molecule has 0 heterocycles. The third-order valence-electron chi connectivity index (χ3n) is 3.48. The molecule has 1 aliphatic rings. The second-order valence-corrected chi connectivity index (χ2v) is 5.10. The summed E-state index contributed by atoms with van der Waals surface area (Å²) in [5.41, 5.74) is 0. The topological polar surface area (TPSA) is 44.1 Å². The van der Waals surface area contributed by atoms with Gasteiger partial charge in [-0.15, -0.1) is 0 Å². The second-order valence-electron chi connectivity index (χ2n) is 5.10. The smallest absolute Gasteiger partial charge is 0.226 e. The van der Waals surface area contributed by atoms with Crippen LogP contribution in [0.4, 0.5) is 0 Å². The number of amides is 1. The number of rotatable bonds is 3. The lowest BCUT2D eigenvalue weighted by Gasteiger charge is -2.30. The average molecular weight is 222 g/mol. The molecular weight excluding hydrogens is 200 g/mol. The Hall–Kier alpha value is -1.04. The third kappa shape index (κ3) is 2.98. The van der Waals surface area contributed by atoms with Crippen LogP contribution >= 0.6 is 0 Å².